The molecule has 3 saturated heterocycles. The van der Waals surface area contributed by atoms with Crippen LogP contribution in [0.25, 0.3) is 0 Å². The molecule has 0 aromatic carbocycles. The Morgan fingerprint density at radius 2 is 2.14 bits per heavy atom. The Kier molecular flexibility index (Phi) is 3.02. The predicted octanol–water partition coefficient (Wildman–Crippen LogP) is 2.73. The molecule has 4 aliphatic heterocycles. The third-order valence-electron chi connectivity index (χ3n) is 6.02. The second kappa shape index (κ2) is 4.96. The molecular formula is C17H24N4S. The van der Waals surface area contributed by atoms with Crippen molar-refractivity contribution in [2.75, 3.05) is 25.0 Å². The van der Waals surface area contributed by atoms with Crippen LogP contribution in [0, 0.1) is 5.92 Å². The van der Waals surface area contributed by atoms with Gasteiger partial charge in [0.25, 0.3) is 0 Å². The third kappa shape index (κ3) is 2.09. The highest BCUT2D eigenvalue weighted by atomic mass is 32.1. The topological polar surface area (TPSA) is 40.2 Å². The Morgan fingerprint density at radius 3 is 2.91 bits per heavy atom. The highest BCUT2D eigenvalue weighted by molar-refractivity contribution is 7.15. The van der Waals surface area contributed by atoms with Crippen molar-refractivity contribution in [2.45, 2.75) is 50.5 Å². The zero-order valence-corrected chi connectivity index (χ0v) is 13.8. The third-order valence-corrected chi connectivity index (χ3v) is 7.09. The number of hydrogen-bond donors (Lipinski definition) is 2. The summed E-state index contributed by atoms with van der Waals surface area (Å²) in [6, 6.07) is 0. The van der Waals surface area contributed by atoms with E-state index >= 15 is 0 Å². The summed E-state index contributed by atoms with van der Waals surface area (Å²) >= 11 is 1.86. The van der Waals surface area contributed by atoms with Crippen LogP contribution in [0.2, 0.25) is 0 Å². The maximum Gasteiger partial charge on any atom is 0.188 e. The number of anilines is 1. The molecule has 1 atom stereocenters. The number of piperidine rings is 3. The fourth-order valence-electron chi connectivity index (χ4n) is 4.80. The Morgan fingerprint density at radius 1 is 1.27 bits per heavy atom. The van der Waals surface area contributed by atoms with Crippen molar-refractivity contribution in [2.24, 2.45) is 5.92 Å². The second-order valence-corrected chi connectivity index (χ2v) is 8.46. The molecule has 6 rings (SSSR count). The first kappa shape index (κ1) is 13.4. The zero-order chi connectivity index (χ0) is 14.6. The zero-order valence-electron chi connectivity index (χ0n) is 13.0. The summed E-state index contributed by atoms with van der Waals surface area (Å²) in [5, 5.41) is 8.50. The highest BCUT2D eigenvalue weighted by Crippen LogP contribution is 2.41. The van der Waals surface area contributed by atoms with Crippen LogP contribution in [0.1, 0.15) is 42.7 Å². The van der Waals surface area contributed by atoms with Crippen molar-refractivity contribution in [3.8, 4) is 0 Å². The van der Waals surface area contributed by atoms with Gasteiger partial charge in [0, 0.05) is 11.4 Å². The molecule has 1 aromatic rings. The van der Waals surface area contributed by atoms with E-state index in [-0.39, 0.29) is 0 Å². The Hall–Kier alpha value is -1.07. The lowest BCUT2D eigenvalue weighted by Gasteiger charge is -2.52. The maximum absolute atomic E-state index is 4.81. The van der Waals surface area contributed by atoms with Gasteiger partial charge in [0.1, 0.15) is 5.82 Å². The van der Waals surface area contributed by atoms with Gasteiger partial charge in [0.15, 0.2) is 5.13 Å². The van der Waals surface area contributed by atoms with Gasteiger partial charge in [-0.15, -0.1) is 11.3 Å². The SMILES string of the molecule is C1=C(Nc2nc3c(s2)CCCC3)NC2(C1)CN1CCC2CC1. The standard InChI is InChI=1S/C17H24N4S/c1-2-4-14-13(3-1)18-16(22-14)19-15-5-8-17(20-15)11-21-9-6-12(17)7-10-21/h5,12,20H,1-4,6-11H2,(H,18,19). The smallest absolute Gasteiger partial charge is 0.188 e. The Labute approximate surface area is 136 Å². The van der Waals surface area contributed by atoms with Crippen molar-refractivity contribution >= 4 is 16.5 Å². The van der Waals surface area contributed by atoms with Gasteiger partial charge in [0.2, 0.25) is 0 Å². The predicted molar refractivity (Wildman–Crippen MR) is 90.1 cm³/mol. The van der Waals surface area contributed by atoms with Gasteiger partial charge >= 0.3 is 0 Å². The van der Waals surface area contributed by atoms with E-state index in [9.17, 15) is 0 Å². The minimum atomic E-state index is 0.301. The minimum Gasteiger partial charge on any atom is -0.365 e. The summed E-state index contributed by atoms with van der Waals surface area (Å²) in [4.78, 5) is 8.95. The molecule has 22 heavy (non-hydrogen) atoms. The average Bonchev–Trinajstić information content (AvgIpc) is 3.12. The molecule has 1 spiro atoms. The fourth-order valence-corrected chi connectivity index (χ4v) is 5.86. The quantitative estimate of drug-likeness (QED) is 0.880. The summed E-state index contributed by atoms with van der Waals surface area (Å²) in [5.41, 5.74) is 1.64. The molecule has 1 aromatic heterocycles. The molecule has 1 unspecified atom stereocenters. The van der Waals surface area contributed by atoms with Gasteiger partial charge in [-0.25, -0.2) is 4.98 Å². The average molecular weight is 316 g/mol. The van der Waals surface area contributed by atoms with Gasteiger partial charge < -0.3 is 15.5 Å². The largest absolute Gasteiger partial charge is 0.365 e. The first-order valence-corrected chi connectivity index (χ1v) is 9.59. The van der Waals surface area contributed by atoms with E-state index in [2.05, 4.69) is 21.6 Å². The number of fused-ring (bicyclic) bond motifs is 3. The van der Waals surface area contributed by atoms with E-state index in [0.717, 1.165) is 11.0 Å². The van der Waals surface area contributed by atoms with Crippen LogP contribution in [0.4, 0.5) is 5.13 Å². The van der Waals surface area contributed by atoms with Crippen LogP contribution in [0.15, 0.2) is 11.9 Å². The molecule has 1 aliphatic carbocycles. The number of aromatic nitrogens is 1. The number of nitrogens with zero attached hydrogens (tertiary/aromatic N) is 2. The summed E-state index contributed by atoms with van der Waals surface area (Å²) < 4.78 is 0. The lowest BCUT2D eigenvalue weighted by atomic mass is 9.72. The normalized spacial score (nSPS) is 36.1. The molecule has 4 nitrogen and oxygen atoms in total. The number of aryl methyl sites for hydroxylation is 2. The van der Waals surface area contributed by atoms with E-state index in [1.807, 2.05) is 11.3 Å². The molecule has 0 saturated carbocycles. The van der Waals surface area contributed by atoms with Crippen LogP contribution >= 0.6 is 11.3 Å². The van der Waals surface area contributed by atoms with Crippen molar-refractivity contribution in [3.63, 3.8) is 0 Å². The van der Waals surface area contributed by atoms with Gasteiger partial charge in [-0.3, -0.25) is 0 Å². The van der Waals surface area contributed by atoms with Crippen LogP contribution < -0.4 is 10.6 Å². The Balaban J connectivity index is 1.30. The van der Waals surface area contributed by atoms with Crippen LogP contribution in [0.3, 0.4) is 0 Å². The minimum absolute atomic E-state index is 0.301. The van der Waals surface area contributed by atoms with Crippen LogP contribution in [0.5, 0.6) is 0 Å². The molecule has 5 heteroatoms. The van der Waals surface area contributed by atoms with Gasteiger partial charge in [0.05, 0.1) is 11.2 Å². The van der Waals surface area contributed by atoms with Crippen molar-refractivity contribution < 1.29 is 0 Å². The van der Waals surface area contributed by atoms with Crippen LogP contribution in [-0.2, 0) is 12.8 Å². The first-order valence-electron chi connectivity index (χ1n) is 8.77. The first-order chi connectivity index (χ1) is 10.8. The van der Waals surface area contributed by atoms with E-state index in [0.29, 0.717) is 5.54 Å². The Bertz CT molecular complexity index is 591. The molecule has 0 amide bonds. The number of thiazole rings is 1. The molecule has 0 radical (unpaired) electrons. The summed E-state index contributed by atoms with van der Waals surface area (Å²) in [5.74, 6) is 2.04. The van der Waals surface area contributed by atoms with Crippen molar-refractivity contribution in [1.82, 2.24) is 15.2 Å². The highest BCUT2D eigenvalue weighted by Gasteiger charge is 2.48. The lowest BCUT2D eigenvalue weighted by Crippen LogP contribution is -2.64. The molecular weight excluding hydrogens is 292 g/mol. The summed E-state index contributed by atoms with van der Waals surface area (Å²) in [6.45, 7) is 3.82. The van der Waals surface area contributed by atoms with Crippen LogP contribution in [-0.4, -0.2) is 35.1 Å². The molecule has 5 heterocycles. The maximum atomic E-state index is 4.81. The fraction of sp³-hybridized carbons (Fsp3) is 0.706. The number of rotatable bonds is 2. The monoisotopic (exact) mass is 316 g/mol. The van der Waals surface area contributed by atoms with Gasteiger partial charge in [-0.05, 0) is 70.0 Å². The van der Waals surface area contributed by atoms with E-state index in [1.165, 1.54) is 81.0 Å². The lowest BCUT2D eigenvalue weighted by molar-refractivity contribution is 0.0189. The summed E-state index contributed by atoms with van der Waals surface area (Å²) in [6.07, 6.45) is 11.3. The molecule has 118 valence electrons. The molecule has 3 fully saturated rings. The summed E-state index contributed by atoms with van der Waals surface area (Å²) in [7, 11) is 0. The number of nitrogens with one attached hydrogen (secondary N) is 2. The van der Waals surface area contributed by atoms with Crippen molar-refractivity contribution in [1.29, 1.82) is 0 Å². The second-order valence-electron chi connectivity index (χ2n) is 7.37. The van der Waals surface area contributed by atoms with E-state index in [1.54, 1.807) is 0 Å². The van der Waals surface area contributed by atoms with E-state index in [4.69, 9.17) is 4.98 Å². The van der Waals surface area contributed by atoms with E-state index < -0.39 is 0 Å². The molecule has 2 N–H and O–H groups in total. The molecule has 5 aliphatic rings. The van der Waals surface area contributed by atoms with Crippen molar-refractivity contribution in [3.05, 3.63) is 22.5 Å². The van der Waals surface area contributed by atoms with Gasteiger partial charge in [-0.1, -0.05) is 0 Å². The number of hydrogen-bond acceptors (Lipinski definition) is 5. The molecule has 2 bridgehead atoms. The van der Waals surface area contributed by atoms with Gasteiger partial charge in [-0.2, -0.15) is 0 Å².